The fourth-order valence-electron chi connectivity index (χ4n) is 3.10. The molecule has 0 saturated carbocycles. The predicted molar refractivity (Wildman–Crippen MR) is 101 cm³/mol. The Morgan fingerprint density at radius 3 is 2.77 bits per heavy atom. The van der Waals surface area contributed by atoms with E-state index in [-0.39, 0.29) is 18.5 Å². The van der Waals surface area contributed by atoms with E-state index in [2.05, 4.69) is 10.4 Å². The first-order chi connectivity index (χ1) is 12.5. The van der Waals surface area contributed by atoms with Gasteiger partial charge in [-0.2, -0.15) is 5.10 Å². The molecule has 8 heteroatoms. The number of carbonyl (C=O) groups is 2. The van der Waals surface area contributed by atoms with Gasteiger partial charge in [-0.25, -0.2) is 4.79 Å². The molecule has 0 unspecified atom stereocenters. The Hall–Kier alpha value is -2.48. The minimum absolute atomic E-state index is 0.114. The summed E-state index contributed by atoms with van der Waals surface area (Å²) in [4.78, 5) is 26.3. The van der Waals surface area contributed by atoms with Crippen molar-refractivity contribution in [2.24, 2.45) is 0 Å². The summed E-state index contributed by atoms with van der Waals surface area (Å²) in [5.41, 5.74) is 1.62. The third kappa shape index (κ3) is 4.57. The second-order valence-corrected chi connectivity index (χ2v) is 7.16. The Morgan fingerprint density at radius 2 is 2.08 bits per heavy atom. The number of thioether (sulfide) groups is 1. The van der Waals surface area contributed by atoms with Crippen LogP contribution in [-0.4, -0.2) is 51.1 Å². The van der Waals surface area contributed by atoms with Gasteiger partial charge in [0.1, 0.15) is 6.54 Å². The van der Waals surface area contributed by atoms with Crippen molar-refractivity contribution >= 4 is 29.4 Å². The van der Waals surface area contributed by atoms with Crippen molar-refractivity contribution in [1.29, 1.82) is 0 Å². The summed E-state index contributed by atoms with van der Waals surface area (Å²) in [7, 11) is 0. The smallest absolute Gasteiger partial charge is 0.325 e. The number of carboxylic acids is 1. The van der Waals surface area contributed by atoms with Crippen molar-refractivity contribution in [2.45, 2.75) is 30.2 Å². The molecule has 1 aliphatic rings. The van der Waals surface area contributed by atoms with Gasteiger partial charge in [0.15, 0.2) is 0 Å². The maximum Gasteiger partial charge on any atom is 0.325 e. The molecular formula is C18H22N4O3S. The van der Waals surface area contributed by atoms with Gasteiger partial charge in [0.05, 0.1) is 5.69 Å². The summed E-state index contributed by atoms with van der Waals surface area (Å²) >= 11 is 1.66. The standard InChI is InChI=1S/C18H22N4O3S/c1-26-15-6-4-14(5-7-15)19-18(25)21-9-2-3-13(11-21)16-8-10-22(20-16)12-17(23)24/h4-8,10,13H,2-3,9,11-12H2,1H3,(H,19,25)(H,23,24)/t13-/m1/s1. The van der Waals surface area contributed by atoms with E-state index in [0.29, 0.717) is 13.1 Å². The van der Waals surface area contributed by atoms with Gasteiger partial charge in [-0.1, -0.05) is 0 Å². The Labute approximate surface area is 156 Å². The third-order valence-electron chi connectivity index (χ3n) is 4.43. The molecule has 2 amide bonds. The number of aliphatic carboxylic acids is 1. The Balaban J connectivity index is 1.60. The molecule has 7 nitrogen and oxygen atoms in total. The molecule has 1 aliphatic heterocycles. The lowest BCUT2D eigenvalue weighted by Crippen LogP contribution is -2.41. The molecule has 1 aromatic heterocycles. The van der Waals surface area contributed by atoms with Crippen LogP contribution in [0.25, 0.3) is 0 Å². The van der Waals surface area contributed by atoms with Gasteiger partial charge in [0.2, 0.25) is 0 Å². The highest BCUT2D eigenvalue weighted by atomic mass is 32.2. The number of carbonyl (C=O) groups excluding carboxylic acids is 1. The summed E-state index contributed by atoms with van der Waals surface area (Å²) in [5, 5.41) is 16.1. The number of urea groups is 1. The van der Waals surface area contributed by atoms with Gasteiger partial charge in [-0.3, -0.25) is 9.48 Å². The average molecular weight is 374 g/mol. The molecule has 1 saturated heterocycles. The van der Waals surface area contributed by atoms with Gasteiger partial charge in [-0.05, 0) is 49.4 Å². The predicted octanol–water partition coefficient (Wildman–Crippen LogP) is 3.10. The summed E-state index contributed by atoms with van der Waals surface area (Å²) in [6.45, 7) is 1.14. The molecule has 138 valence electrons. The summed E-state index contributed by atoms with van der Waals surface area (Å²) < 4.78 is 1.42. The summed E-state index contributed by atoms with van der Waals surface area (Å²) in [6, 6.07) is 9.49. The quantitative estimate of drug-likeness (QED) is 0.785. The highest BCUT2D eigenvalue weighted by Crippen LogP contribution is 2.26. The van der Waals surface area contributed by atoms with Crippen molar-refractivity contribution < 1.29 is 14.7 Å². The van der Waals surface area contributed by atoms with Crippen molar-refractivity contribution in [3.05, 3.63) is 42.2 Å². The Morgan fingerprint density at radius 1 is 1.31 bits per heavy atom. The van der Waals surface area contributed by atoms with Gasteiger partial charge in [0, 0.05) is 35.8 Å². The van der Waals surface area contributed by atoms with E-state index in [4.69, 9.17) is 5.11 Å². The van der Waals surface area contributed by atoms with E-state index in [9.17, 15) is 9.59 Å². The molecule has 2 N–H and O–H groups in total. The van der Waals surface area contributed by atoms with Crippen molar-refractivity contribution in [3.8, 4) is 0 Å². The number of nitrogens with one attached hydrogen (secondary N) is 1. The first-order valence-electron chi connectivity index (χ1n) is 8.50. The number of hydrogen-bond acceptors (Lipinski definition) is 4. The molecule has 1 aromatic carbocycles. The third-order valence-corrected chi connectivity index (χ3v) is 5.17. The van der Waals surface area contributed by atoms with Crippen LogP contribution in [0.2, 0.25) is 0 Å². The Bertz CT molecular complexity index is 775. The summed E-state index contributed by atoms with van der Waals surface area (Å²) in [5.74, 6) is -0.791. The number of anilines is 1. The van der Waals surface area contributed by atoms with Crippen LogP contribution in [0.3, 0.4) is 0 Å². The number of amides is 2. The molecule has 0 spiro atoms. The minimum Gasteiger partial charge on any atom is -0.480 e. The van der Waals surface area contributed by atoms with Crippen LogP contribution >= 0.6 is 11.8 Å². The topological polar surface area (TPSA) is 87.5 Å². The van der Waals surface area contributed by atoms with Crippen LogP contribution in [0.5, 0.6) is 0 Å². The second-order valence-electron chi connectivity index (χ2n) is 6.28. The molecular weight excluding hydrogens is 352 g/mol. The molecule has 1 fully saturated rings. The molecule has 0 radical (unpaired) electrons. The maximum absolute atomic E-state index is 12.6. The highest BCUT2D eigenvalue weighted by molar-refractivity contribution is 7.98. The number of likely N-dealkylation sites (tertiary alicyclic amines) is 1. The van der Waals surface area contributed by atoms with Crippen LogP contribution in [0, 0.1) is 0 Å². The zero-order valence-electron chi connectivity index (χ0n) is 14.6. The lowest BCUT2D eigenvalue weighted by atomic mass is 9.95. The normalized spacial score (nSPS) is 17.1. The SMILES string of the molecule is CSc1ccc(NC(=O)N2CCC[C@@H](c3ccn(CC(=O)O)n3)C2)cc1. The average Bonchev–Trinajstić information content (AvgIpc) is 3.10. The molecule has 26 heavy (non-hydrogen) atoms. The van der Waals surface area contributed by atoms with E-state index in [1.54, 1.807) is 22.9 Å². The van der Waals surface area contributed by atoms with Crippen molar-refractivity contribution in [3.63, 3.8) is 0 Å². The second kappa shape index (κ2) is 8.27. The van der Waals surface area contributed by atoms with Gasteiger partial charge >= 0.3 is 12.0 Å². The lowest BCUT2D eigenvalue weighted by Gasteiger charge is -2.32. The highest BCUT2D eigenvalue weighted by Gasteiger charge is 2.26. The number of benzene rings is 1. The van der Waals surface area contributed by atoms with Crippen LogP contribution < -0.4 is 5.32 Å². The van der Waals surface area contributed by atoms with E-state index < -0.39 is 5.97 Å². The first kappa shape index (κ1) is 18.3. The number of hydrogen-bond donors (Lipinski definition) is 2. The molecule has 1 atom stereocenters. The molecule has 3 rings (SSSR count). The van der Waals surface area contributed by atoms with E-state index in [1.807, 2.05) is 36.6 Å². The number of carboxylic acid groups (broad SMARTS) is 1. The molecule has 0 aliphatic carbocycles. The minimum atomic E-state index is -0.920. The first-order valence-corrected chi connectivity index (χ1v) is 9.73. The molecule has 2 aromatic rings. The van der Waals surface area contributed by atoms with E-state index in [1.165, 1.54) is 4.68 Å². The number of rotatable bonds is 5. The number of aromatic nitrogens is 2. The Kier molecular flexibility index (Phi) is 5.82. The van der Waals surface area contributed by atoms with Crippen LogP contribution in [-0.2, 0) is 11.3 Å². The van der Waals surface area contributed by atoms with Crippen LogP contribution in [0.15, 0.2) is 41.4 Å². The van der Waals surface area contributed by atoms with Crippen molar-refractivity contribution in [1.82, 2.24) is 14.7 Å². The van der Waals surface area contributed by atoms with Gasteiger partial charge in [0.25, 0.3) is 0 Å². The monoisotopic (exact) mass is 374 g/mol. The summed E-state index contributed by atoms with van der Waals surface area (Å²) in [6.07, 6.45) is 5.53. The fourth-order valence-corrected chi connectivity index (χ4v) is 3.51. The van der Waals surface area contributed by atoms with Crippen molar-refractivity contribution in [2.75, 3.05) is 24.7 Å². The lowest BCUT2D eigenvalue weighted by molar-refractivity contribution is -0.137. The zero-order chi connectivity index (χ0) is 18.5. The number of piperidine rings is 1. The largest absolute Gasteiger partial charge is 0.480 e. The van der Waals surface area contributed by atoms with E-state index in [0.717, 1.165) is 29.1 Å². The zero-order valence-corrected chi connectivity index (χ0v) is 15.4. The fraction of sp³-hybridized carbons (Fsp3) is 0.389. The van der Waals surface area contributed by atoms with Gasteiger partial charge in [-0.15, -0.1) is 11.8 Å². The van der Waals surface area contributed by atoms with Crippen LogP contribution in [0.4, 0.5) is 10.5 Å². The maximum atomic E-state index is 12.6. The number of nitrogens with zero attached hydrogens (tertiary/aromatic N) is 3. The van der Waals surface area contributed by atoms with Crippen LogP contribution in [0.1, 0.15) is 24.5 Å². The molecule has 2 heterocycles. The van der Waals surface area contributed by atoms with Gasteiger partial charge < -0.3 is 15.3 Å². The molecule has 0 bridgehead atoms. The van der Waals surface area contributed by atoms with E-state index >= 15 is 0 Å².